The number of aliphatic carboxylic acids is 4. The number of carboxylic acid groups (broad SMARTS) is 4. The molecule has 4 aliphatic heterocycles. The molecule has 4 aliphatic rings. The zero-order chi connectivity index (χ0) is 31.3. The summed E-state index contributed by atoms with van der Waals surface area (Å²) in [6, 6.07) is 0. The van der Waals surface area contributed by atoms with Crippen LogP contribution in [0.5, 0.6) is 0 Å². The van der Waals surface area contributed by atoms with Crippen molar-refractivity contribution in [3.63, 3.8) is 0 Å². The maximum atomic E-state index is 9.90. The molecule has 0 bridgehead atoms. The summed E-state index contributed by atoms with van der Waals surface area (Å²) < 4.78 is 0. The number of nitrogens with zero attached hydrogens (tertiary/aromatic N) is 4. The molecule has 0 aliphatic carbocycles. The number of aliphatic hydroxyl groups is 4. The largest absolute Gasteiger partial charge is 0.481 e. The highest BCUT2D eigenvalue weighted by molar-refractivity contribution is 5.67. The average Bonchev–Trinajstić information content (AvgIpc) is 3.76. The van der Waals surface area contributed by atoms with Crippen LogP contribution in [0.4, 0.5) is 0 Å². The van der Waals surface area contributed by atoms with Crippen LogP contribution >= 0.6 is 0 Å². The zero-order valence-electron chi connectivity index (χ0n) is 23.6. The summed E-state index contributed by atoms with van der Waals surface area (Å²) in [5.41, 5.74) is -1.11. The maximum Gasteiger partial charge on any atom is 0.304 e. The van der Waals surface area contributed by atoms with Crippen LogP contribution < -0.4 is 0 Å². The van der Waals surface area contributed by atoms with Crippen molar-refractivity contribution in [3.8, 4) is 0 Å². The molecule has 4 fully saturated rings. The number of rotatable bonds is 16. The highest BCUT2D eigenvalue weighted by atomic mass is 16.4. The van der Waals surface area contributed by atoms with Crippen molar-refractivity contribution < 1.29 is 60.0 Å². The molecule has 16 heteroatoms. The Balaban J connectivity index is 0.000000488. The number of hydrogen-bond donors (Lipinski definition) is 8. The summed E-state index contributed by atoms with van der Waals surface area (Å²) in [5.74, 6) is -2.79. The van der Waals surface area contributed by atoms with Crippen LogP contribution in [0.25, 0.3) is 0 Å². The molecule has 0 radical (unpaired) electrons. The van der Waals surface area contributed by atoms with Crippen LogP contribution in [0.2, 0.25) is 0 Å². The van der Waals surface area contributed by atoms with Gasteiger partial charge in [0.2, 0.25) is 0 Å². The monoisotopic (exact) mass is 596 g/mol. The smallest absolute Gasteiger partial charge is 0.304 e. The third-order valence-electron chi connectivity index (χ3n) is 6.07. The first-order chi connectivity index (χ1) is 19.4. The van der Waals surface area contributed by atoms with E-state index < -0.39 is 55.7 Å². The van der Waals surface area contributed by atoms with Crippen LogP contribution in [-0.2, 0) is 19.2 Å². The molecule has 0 aromatic carbocycles. The van der Waals surface area contributed by atoms with Gasteiger partial charge in [-0.1, -0.05) is 0 Å². The first-order valence-corrected chi connectivity index (χ1v) is 13.6. The van der Waals surface area contributed by atoms with Gasteiger partial charge < -0.3 is 60.5 Å². The van der Waals surface area contributed by atoms with Crippen molar-refractivity contribution in [1.82, 2.24) is 19.6 Å². The summed E-state index contributed by atoms with van der Waals surface area (Å²) in [6.07, 6.45) is 1.17. The van der Waals surface area contributed by atoms with Crippen molar-refractivity contribution in [1.29, 1.82) is 0 Å². The molecule has 240 valence electrons. The minimum Gasteiger partial charge on any atom is -0.481 e. The van der Waals surface area contributed by atoms with E-state index in [1.807, 2.05) is 0 Å². The van der Waals surface area contributed by atoms with E-state index in [1.165, 1.54) is 0 Å². The average molecular weight is 597 g/mol. The Morgan fingerprint density at radius 3 is 0.659 bits per heavy atom. The van der Waals surface area contributed by atoms with Crippen molar-refractivity contribution in [3.05, 3.63) is 0 Å². The fraction of sp³-hybridized carbons (Fsp3) is 0.840. The summed E-state index contributed by atoms with van der Waals surface area (Å²) in [7, 11) is 0. The first-order valence-electron chi connectivity index (χ1n) is 13.6. The van der Waals surface area contributed by atoms with Crippen LogP contribution in [0.3, 0.4) is 0 Å². The summed E-state index contributed by atoms with van der Waals surface area (Å²) in [5, 5.41) is 66.6. The second-order valence-electron chi connectivity index (χ2n) is 10.1. The molecule has 8 N–H and O–H groups in total. The molecule has 0 atom stereocenters. The second-order valence-corrected chi connectivity index (χ2v) is 10.1. The lowest BCUT2D eigenvalue weighted by atomic mass is 9.93. The van der Waals surface area contributed by atoms with Gasteiger partial charge in [0.1, 0.15) is 0 Å². The minimum atomic E-state index is -1.11. The molecule has 16 nitrogen and oxygen atoms in total. The quantitative estimate of drug-likeness (QED) is 0.0830. The van der Waals surface area contributed by atoms with Gasteiger partial charge in [-0.25, -0.2) is 0 Å². The number of carbonyl (C=O) groups is 4. The predicted molar refractivity (Wildman–Crippen MR) is 146 cm³/mol. The van der Waals surface area contributed by atoms with Gasteiger partial charge in [-0.15, -0.1) is 0 Å². The van der Waals surface area contributed by atoms with Gasteiger partial charge >= 0.3 is 23.9 Å². The normalized spacial score (nSPS) is 17.1. The molecule has 0 spiro atoms. The van der Waals surface area contributed by atoms with Crippen molar-refractivity contribution in [2.75, 3.05) is 105 Å². The Kier molecular flexibility index (Phi) is 20.9. The van der Waals surface area contributed by atoms with E-state index in [1.54, 1.807) is 0 Å². The Morgan fingerprint density at radius 2 is 0.585 bits per heavy atom. The Morgan fingerprint density at radius 1 is 0.415 bits per heavy atom. The van der Waals surface area contributed by atoms with Gasteiger partial charge in [-0.05, 0) is 0 Å². The molecular formula is C25H48N4O12. The summed E-state index contributed by atoms with van der Waals surface area (Å²) in [6.45, 7) is 10.0. The van der Waals surface area contributed by atoms with Gasteiger partial charge in [-0.3, -0.25) is 19.2 Å². The molecule has 0 aromatic rings. The highest BCUT2D eigenvalue weighted by Crippen LogP contribution is 2.12. The van der Waals surface area contributed by atoms with Crippen LogP contribution in [-0.4, -0.2) is 189 Å². The summed E-state index contributed by atoms with van der Waals surface area (Å²) in [4.78, 5) is 48.0. The molecule has 4 rings (SSSR count). The van der Waals surface area contributed by atoms with Crippen molar-refractivity contribution in [2.45, 2.75) is 25.7 Å². The van der Waals surface area contributed by atoms with Gasteiger partial charge in [0.25, 0.3) is 0 Å². The van der Waals surface area contributed by atoms with E-state index in [0.29, 0.717) is 25.7 Å². The standard InChI is InChI=1S/4C5H9NO2.C5H12O4/c4*7-5(8)1-2-6-3-4-6;6-1-5(2-7,3-8)4-9/h4*1-4H2,(H,7,8);6-9H,1-4H2. The van der Waals surface area contributed by atoms with Crippen LogP contribution in [0, 0.1) is 5.41 Å². The lowest BCUT2D eigenvalue weighted by Crippen LogP contribution is -2.37. The maximum absolute atomic E-state index is 9.90. The van der Waals surface area contributed by atoms with E-state index in [-0.39, 0.29) is 0 Å². The molecule has 4 saturated heterocycles. The Labute approximate surface area is 240 Å². The Hall–Kier alpha value is -2.44. The van der Waals surface area contributed by atoms with Crippen LogP contribution in [0.1, 0.15) is 25.7 Å². The third kappa shape index (κ3) is 27.5. The molecule has 0 unspecified atom stereocenters. The molecule has 4 heterocycles. The fourth-order valence-electron chi connectivity index (χ4n) is 2.49. The van der Waals surface area contributed by atoms with Crippen LogP contribution in [0.15, 0.2) is 0 Å². The lowest BCUT2D eigenvalue weighted by Gasteiger charge is -2.23. The molecule has 0 saturated carbocycles. The van der Waals surface area contributed by atoms with E-state index >= 15 is 0 Å². The Bertz CT molecular complexity index is 631. The predicted octanol–water partition coefficient (Wildman–Crippen LogP) is -2.95. The van der Waals surface area contributed by atoms with Crippen molar-refractivity contribution >= 4 is 23.9 Å². The van der Waals surface area contributed by atoms with E-state index in [4.69, 9.17) is 40.9 Å². The fourth-order valence-corrected chi connectivity index (χ4v) is 2.49. The molecule has 0 amide bonds. The van der Waals surface area contributed by atoms with E-state index in [9.17, 15) is 19.2 Å². The molecular weight excluding hydrogens is 548 g/mol. The topological polar surface area (TPSA) is 242 Å². The second kappa shape index (κ2) is 22.2. The number of hydrogen-bond acceptors (Lipinski definition) is 12. The molecule has 0 aromatic heterocycles. The number of carboxylic acids is 4. The first kappa shape index (κ1) is 38.6. The third-order valence-corrected chi connectivity index (χ3v) is 6.07. The highest BCUT2D eigenvalue weighted by Gasteiger charge is 2.26. The van der Waals surface area contributed by atoms with E-state index in [0.717, 1.165) is 78.5 Å². The van der Waals surface area contributed by atoms with Crippen molar-refractivity contribution in [2.24, 2.45) is 5.41 Å². The number of aliphatic hydroxyl groups excluding tert-OH is 4. The summed E-state index contributed by atoms with van der Waals surface area (Å²) >= 11 is 0. The molecule has 41 heavy (non-hydrogen) atoms. The minimum absolute atomic E-state index is 0.292. The zero-order valence-corrected chi connectivity index (χ0v) is 23.6. The SMILES string of the molecule is O=C(O)CCN1CC1.O=C(O)CCN1CC1.O=C(O)CCN1CC1.O=C(O)CCN1CC1.OCC(CO)(CO)CO. The van der Waals surface area contributed by atoms with Gasteiger partial charge in [0, 0.05) is 78.5 Å². The van der Waals surface area contributed by atoms with Gasteiger partial charge in [0.15, 0.2) is 0 Å². The van der Waals surface area contributed by atoms with E-state index in [2.05, 4.69) is 19.6 Å². The van der Waals surface area contributed by atoms with Gasteiger partial charge in [0.05, 0.1) is 57.5 Å². The van der Waals surface area contributed by atoms with Gasteiger partial charge in [-0.2, -0.15) is 0 Å². The lowest BCUT2D eigenvalue weighted by molar-refractivity contribution is -0.138.